The van der Waals surface area contributed by atoms with Crippen molar-refractivity contribution in [2.45, 2.75) is 44.1 Å². The molecule has 0 amide bonds. The van der Waals surface area contributed by atoms with Gasteiger partial charge >= 0.3 is 5.97 Å². The van der Waals surface area contributed by atoms with Crippen molar-refractivity contribution < 1.29 is 23.7 Å². The maximum atomic E-state index is 11.5. The van der Waals surface area contributed by atoms with Crippen LogP contribution < -0.4 is 0 Å². The van der Waals surface area contributed by atoms with Crippen LogP contribution >= 0.6 is 0 Å². The molecule has 0 aromatic rings. The van der Waals surface area contributed by atoms with E-state index in [-0.39, 0.29) is 6.10 Å². The minimum absolute atomic E-state index is 0.363. The Hall–Kier alpha value is -0.910. The molecule has 2 aliphatic rings. The fraction of sp³-hybridized carbons (Fsp3) is 0.727. The zero-order valence-corrected chi connectivity index (χ0v) is 9.64. The second-order valence-corrected chi connectivity index (χ2v) is 4.36. The molecule has 0 radical (unpaired) electrons. The summed E-state index contributed by atoms with van der Waals surface area (Å²) in [5, 5.41) is 0. The summed E-state index contributed by atoms with van der Waals surface area (Å²) in [7, 11) is 1.46. The van der Waals surface area contributed by atoms with Crippen LogP contribution in [0.5, 0.6) is 0 Å². The third-order valence-electron chi connectivity index (χ3n) is 2.76. The van der Waals surface area contributed by atoms with Crippen molar-refractivity contribution in [3.05, 3.63) is 12.7 Å². The van der Waals surface area contributed by atoms with E-state index in [1.807, 2.05) is 0 Å². The fourth-order valence-electron chi connectivity index (χ4n) is 2.12. The van der Waals surface area contributed by atoms with Gasteiger partial charge in [-0.1, -0.05) is 6.08 Å². The summed E-state index contributed by atoms with van der Waals surface area (Å²) in [6.45, 7) is 7.25. The summed E-state index contributed by atoms with van der Waals surface area (Å²) in [6.07, 6.45) is -0.339. The number of hydrogen-bond donors (Lipinski definition) is 0. The topological polar surface area (TPSA) is 54.0 Å². The minimum atomic E-state index is -0.773. The lowest BCUT2D eigenvalue weighted by molar-refractivity contribution is -0.318. The number of hydrogen-bond acceptors (Lipinski definition) is 5. The summed E-state index contributed by atoms with van der Waals surface area (Å²) in [4.78, 5) is 11.5. The standard InChI is InChI=1S/C11H16O5/c1-5-6-7-8(16-11(2,3)15-6)9(13-4)10(12)14-7/h5-9H,1H2,2-4H3/t6-,7?,8?,9-/m1/s1. The predicted molar refractivity (Wildman–Crippen MR) is 54.7 cm³/mol. The third-order valence-corrected chi connectivity index (χ3v) is 2.76. The SMILES string of the molecule is C=C[C@H]1OC(C)(C)OC2C1OC(=O)[C@@H]2OC. The number of fused-ring (bicyclic) bond motifs is 1. The van der Waals surface area contributed by atoms with Crippen LogP contribution in [0.25, 0.3) is 0 Å². The van der Waals surface area contributed by atoms with Crippen molar-refractivity contribution in [3.8, 4) is 0 Å². The molecule has 0 spiro atoms. The van der Waals surface area contributed by atoms with Crippen LogP contribution in [0.15, 0.2) is 12.7 Å². The Balaban J connectivity index is 2.26. The smallest absolute Gasteiger partial charge is 0.338 e. The van der Waals surface area contributed by atoms with E-state index in [2.05, 4.69) is 6.58 Å². The van der Waals surface area contributed by atoms with Crippen molar-refractivity contribution in [2.75, 3.05) is 7.11 Å². The first-order chi connectivity index (χ1) is 7.48. The Labute approximate surface area is 94.3 Å². The fourth-order valence-corrected chi connectivity index (χ4v) is 2.12. The van der Waals surface area contributed by atoms with E-state index >= 15 is 0 Å². The molecule has 2 fully saturated rings. The normalized spacial score (nSPS) is 41.3. The molecule has 0 aromatic heterocycles. The lowest BCUT2D eigenvalue weighted by Gasteiger charge is -2.41. The maximum absolute atomic E-state index is 11.5. The Kier molecular flexibility index (Phi) is 2.77. The van der Waals surface area contributed by atoms with Crippen molar-refractivity contribution >= 4 is 5.97 Å². The molecule has 2 heterocycles. The monoisotopic (exact) mass is 228 g/mol. The minimum Gasteiger partial charge on any atom is -0.454 e. The van der Waals surface area contributed by atoms with Gasteiger partial charge in [0, 0.05) is 7.11 Å². The molecule has 2 aliphatic heterocycles. The molecule has 0 N–H and O–H groups in total. The second kappa shape index (κ2) is 3.84. The Morgan fingerprint density at radius 3 is 2.62 bits per heavy atom. The highest BCUT2D eigenvalue weighted by Crippen LogP contribution is 2.35. The van der Waals surface area contributed by atoms with Gasteiger partial charge in [-0.3, -0.25) is 0 Å². The molecule has 0 aromatic carbocycles. The van der Waals surface area contributed by atoms with Gasteiger partial charge in [0.25, 0.3) is 0 Å². The quantitative estimate of drug-likeness (QED) is 0.512. The largest absolute Gasteiger partial charge is 0.454 e. The predicted octanol–water partition coefficient (Wildman–Crippen LogP) is 0.633. The van der Waals surface area contributed by atoms with Gasteiger partial charge in [-0.25, -0.2) is 4.79 Å². The Morgan fingerprint density at radius 2 is 2.06 bits per heavy atom. The van der Waals surface area contributed by atoms with E-state index in [4.69, 9.17) is 18.9 Å². The molecule has 5 nitrogen and oxygen atoms in total. The molecule has 0 saturated carbocycles. The average molecular weight is 228 g/mol. The summed E-state index contributed by atoms with van der Waals surface area (Å²) in [5.74, 6) is -1.18. The molecule has 90 valence electrons. The van der Waals surface area contributed by atoms with Crippen LogP contribution in [0.1, 0.15) is 13.8 Å². The van der Waals surface area contributed by atoms with Gasteiger partial charge in [0.05, 0.1) is 0 Å². The van der Waals surface area contributed by atoms with E-state index in [9.17, 15) is 4.79 Å². The molecule has 0 bridgehead atoms. The highest BCUT2D eigenvalue weighted by molar-refractivity contribution is 5.78. The van der Waals surface area contributed by atoms with Crippen LogP contribution in [0.3, 0.4) is 0 Å². The maximum Gasteiger partial charge on any atom is 0.338 e. The molecule has 4 atom stereocenters. The van der Waals surface area contributed by atoms with E-state index in [1.54, 1.807) is 19.9 Å². The van der Waals surface area contributed by atoms with Crippen molar-refractivity contribution in [2.24, 2.45) is 0 Å². The number of carbonyl (C=O) groups excluding carboxylic acids is 1. The van der Waals surface area contributed by atoms with Gasteiger partial charge in [-0.15, -0.1) is 6.58 Å². The van der Waals surface area contributed by atoms with Crippen molar-refractivity contribution in [3.63, 3.8) is 0 Å². The zero-order chi connectivity index (χ0) is 11.9. The first-order valence-electron chi connectivity index (χ1n) is 5.20. The summed E-state index contributed by atoms with van der Waals surface area (Å²) < 4.78 is 21.5. The molecule has 0 aliphatic carbocycles. The number of esters is 1. The highest BCUT2D eigenvalue weighted by Gasteiger charge is 2.55. The van der Waals surface area contributed by atoms with Crippen LogP contribution in [0, 0.1) is 0 Å². The van der Waals surface area contributed by atoms with Crippen LogP contribution in [0.2, 0.25) is 0 Å². The number of carbonyl (C=O) groups is 1. The van der Waals surface area contributed by atoms with E-state index in [0.717, 1.165) is 0 Å². The highest BCUT2D eigenvalue weighted by atomic mass is 16.8. The number of methoxy groups -OCH3 is 1. The molecule has 16 heavy (non-hydrogen) atoms. The molecule has 5 heteroatoms. The van der Waals surface area contributed by atoms with Gasteiger partial charge in [0.15, 0.2) is 18.0 Å². The second-order valence-electron chi connectivity index (χ2n) is 4.36. The van der Waals surface area contributed by atoms with Gasteiger partial charge in [-0.2, -0.15) is 0 Å². The lowest BCUT2D eigenvalue weighted by Crippen LogP contribution is -2.54. The molecule has 2 saturated heterocycles. The average Bonchev–Trinajstić information content (AvgIpc) is 2.51. The van der Waals surface area contributed by atoms with Gasteiger partial charge in [0.2, 0.25) is 0 Å². The first kappa shape index (κ1) is 11.6. The van der Waals surface area contributed by atoms with Gasteiger partial charge in [-0.05, 0) is 13.8 Å². The van der Waals surface area contributed by atoms with Crippen LogP contribution in [-0.4, -0.2) is 43.3 Å². The van der Waals surface area contributed by atoms with Crippen LogP contribution in [-0.2, 0) is 23.7 Å². The van der Waals surface area contributed by atoms with Gasteiger partial charge in [0.1, 0.15) is 12.2 Å². The number of rotatable bonds is 2. The van der Waals surface area contributed by atoms with E-state index in [1.165, 1.54) is 7.11 Å². The zero-order valence-electron chi connectivity index (χ0n) is 9.64. The summed E-state index contributed by atoms with van der Waals surface area (Å²) >= 11 is 0. The lowest BCUT2D eigenvalue weighted by atomic mass is 10.0. The van der Waals surface area contributed by atoms with E-state index < -0.39 is 30.1 Å². The Bertz CT molecular complexity index is 311. The van der Waals surface area contributed by atoms with Crippen LogP contribution in [0.4, 0.5) is 0 Å². The number of ether oxygens (including phenoxy) is 4. The molecule has 2 rings (SSSR count). The summed E-state index contributed by atoms with van der Waals surface area (Å²) in [5.41, 5.74) is 0. The van der Waals surface area contributed by atoms with Gasteiger partial charge < -0.3 is 18.9 Å². The molecule has 2 unspecified atom stereocenters. The van der Waals surface area contributed by atoms with Crippen molar-refractivity contribution in [1.82, 2.24) is 0 Å². The van der Waals surface area contributed by atoms with E-state index in [0.29, 0.717) is 0 Å². The molecular formula is C11H16O5. The third kappa shape index (κ3) is 1.75. The first-order valence-corrected chi connectivity index (χ1v) is 5.20. The molecular weight excluding hydrogens is 212 g/mol. The Morgan fingerprint density at radius 1 is 1.38 bits per heavy atom. The van der Waals surface area contributed by atoms with Crippen molar-refractivity contribution in [1.29, 1.82) is 0 Å². The summed E-state index contributed by atoms with van der Waals surface area (Å²) in [6, 6.07) is 0.